The van der Waals surface area contributed by atoms with Crippen molar-refractivity contribution in [3.05, 3.63) is 57.6 Å². The van der Waals surface area contributed by atoms with Crippen molar-refractivity contribution in [2.45, 2.75) is 19.3 Å². The number of hydrogen-bond donors (Lipinski definition) is 2. The largest absolute Gasteiger partial charge is 0.508 e. The van der Waals surface area contributed by atoms with E-state index in [1.54, 1.807) is 24.3 Å². The standard InChI is InChI=1S/C13H10Cl2O2.C4H8O/c14-10-1-3-12(16)8(6-10)5-9-7-11(15)2-4-13(9)17;1-2-4-5-3-1/h1-4,6-7,16-17H,5H2;1-4H2. The van der Waals surface area contributed by atoms with Crippen LogP contribution in [-0.4, -0.2) is 23.4 Å². The molecular weight excluding hydrogens is 323 g/mol. The third kappa shape index (κ3) is 5.09. The van der Waals surface area contributed by atoms with Crippen LogP contribution in [0, 0.1) is 0 Å². The minimum absolute atomic E-state index is 0.147. The van der Waals surface area contributed by atoms with Gasteiger partial charge in [-0.1, -0.05) is 23.2 Å². The van der Waals surface area contributed by atoms with Gasteiger partial charge in [0.2, 0.25) is 0 Å². The normalized spacial score (nSPS) is 13.5. The molecule has 1 heterocycles. The average molecular weight is 341 g/mol. The monoisotopic (exact) mass is 340 g/mol. The first-order valence-corrected chi connectivity index (χ1v) is 7.84. The second-order valence-corrected chi connectivity index (χ2v) is 5.92. The van der Waals surface area contributed by atoms with Crippen LogP contribution in [0.25, 0.3) is 0 Å². The van der Waals surface area contributed by atoms with Gasteiger partial charge in [0.15, 0.2) is 0 Å². The maximum atomic E-state index is 9.68. The summed E-state index contributed by atoms with van der Waals surface area (Å²) in [5.74, 6) is 0.294. The van der Waals surface area contributed by atoms with Gasteiger partial charge < -0.3 is 14.9 Å². The molecule has 118 valence electrons. The molecule has 0 unspecified atom stereocenters. The van der Waals surface area contributed by atoms with E-state index in [0.29, 0.717) is 27.6 Å². The second kappa shape index (κ2) is 8.28. The number of halogens is 2. The van der Waals surface area contributed by atoms with E-state index in [1.807, 2.05) is 0 Å². The van der Waals surface area contributed by atoms with Crippen molar-refractivity contribution in [2.75, 3.05) is 13.2 Å². The molecular formula is C17H18Cl2O3. The van der Waals surface area contributed by atoms with Crippen LogP contribution < -0.4 is 0 Å². The molecule has 0 radical (unpaired) electrons. The van der Waals surface area contributed by atoms with Gasteiger partial charge in [-0.25, -0.2) is 0 Å². The van der Waals surface area contributed by atoms with Crippen LogP contribution in [0.15, 0.2) is 36.4 Å². The van der Waals surface area contributed by atoms with E-state index in [0.717, 1.165) is 13.2 Å². The van der Waals surface area contributed by atoms with E-state index in [2.05, 4.69) is 0 Å². The molecule has 3 rings (SSSR count). The van der Waals surface area contributed by atoms with E-state index >= 15 is 0 Å². The van der Waals surface area contributed by atoms with Crippen LogP contribution in [0.2, 0.25) is 10.0 Å². The van der Waals surface area contributed by atoms with Gasteiger partial charge in [-0.05, 0) is 60.4 Å². The molecule has 5 heteroatoms. The zero-order valence-corrected chi connectivity index (χ0v) is 13.6. The zero-order chi connectivity index (χ0) is 15.9. The molecule has 22 heavy (non-hydrogen) atoms. The summed E-state index contributed by atoms with van der Waals surface area (Å²) in [6.45, 7) is 2.00. The quantitative estimate of drug-likeness (QED) is 0.825. The summed E-state index contributed by atoms with van der Waals surface area (Å²) in [5, 5.41) is 20.4. The van der Waals surface area contributed by atoms with Gasteiger partial charge in [-0.3, -0.25) is 0 Å². The van der Waals surface area contributed by atoms with Gasteiger partial charge in [-0.2, -0.15) is 0 Å². The topological polar surface area (TPSA) is 49.7 Å². The third-order valence-corrected chi connectivity index (χ3v) is 3.76. The van der Waals surface area contributed by atoms with Gasteiger partial charge in [0.05, 0.1) is 0 Å². The number of hydrogen-bond acceptors (Lipinski definition) is 3. The first kappa shape index (κ1) is 16.9. The lowest BCUT2D eigenvalue weighted by atomic mass is 10.0. The van der Waals surface area contributed by atoms with Crippen molar-refractivity contribution < 1.29 is 14.9 Å². The molecule has 1 fully saturated rings. The van der Waals surface area contributed by atoms with Crippen LogP contribution >= 0.6 is 23.2 Å². The Morgan fingerprint density at radius 3 is 1.64 bits per heavy atom. The fourth-order valence-corrected chi connectivity index (χ4v) is 2.50. The number of phenols is 2. The maximum Gasteiger partial charge on any atom is 0.119 e. The molecule has 0 saturated carbocycles. The van der Waals surface area contributed by atoms with Crippen LogP contribution in [0.4, 0.5) is 0 Å². The fraction of sp³-hybridized carbons (Fsp3) is 0.294. The lowest BCUT2D eigenvalue weighted by Gasteiger charge is -2.07. The predicted octanol–water partition coefficient (Wildman–Crippen LogP) is 4.79. The molecule has 0 aromatic heterocycles. The summed E-state index contributed by atoms with van der Waals surface area (Å²) in [6, 6.07) is 9.60. The van der Waals surface area contributed by atoms with Crippen molar-refractivity contribution in [3.63, 3.8) is 0 Å². The molecule has 0 amide bonds. The molecule has 0 spiro atoms. The Morgan fingerprint density at radius 2 is 1.27 bits per heavy atom. The number of rotatable bonds is 2. The Balaban J connectivity index is 0.000000299. The first-order valence-electron chi connectivity index (χ1n) is 7.09. The smallest absolute Gasteiger partial charge is 0.119 e. The van der Waals surface area contributed by atoms with Crippen LogP contribution in [0.3, 0.4) is 0 Å². The highest BCUT2D eigenvalue weighted by molar-refractivity contribution is 6.31. The molecule has 2 N–H and O–H groups in total. The van der Waals surface area contributed by atoms with Gasteiger partial charge in [0.1, 0.15) is 11.5 Å². The zero-order valence-electron chi connectivity index (χ0n) is 12.1. The van der Waals surface area contributed by atoms with Gasteiger partial charge >= 0.3 is 0 Å². The molecule has 1 aliphatic rings. The minimum Gasteiger partial charge on any atom is -0.508 e. The molecule has 2 aromatic carbocycles. The summed E-state index contributed by atoms with van der Waals surface area (Å²) in [5.41, 5.74) is 1.30. The fourth-order valence-electron chi connectivity index (χ4n) is 2.11. The van der Waals surface area contributed by atoms with Gasteiger partial charge in [0.25, 0.3) is 0 Å². The highest BCUT2D eigenvalue weighted by Gasteiger charge is 2.07. The van der Waals surface area contributed by atoms with E-state index in [1.165, 1.54) is 25.0 Å². The van der Waals surface area contributed by atoms with E-state index in [9.17, 15) is 10.2 Å². The number of ether oxygens (including phenoxy) is 1. The van der Waals surface area contributed by atoms with Gasteiger partial charge in [0, 0.05) is 29.7 Å². The minimum atomic E-state index is 0.147. The SMILES string of the molecule is C1CCOC1.Oc1ccc(Cl)cc1Cc1cc(Cl)ccc1O. The Labute approximate surface area is 140 Å². The number of aromatic hydroxyl groups is 2. The molecule has 2 aromatic rings. The average Bonchev–Trinajstić information content (AvgIpc) is 3.06. The van der Waals surface area contributed by atoms with Crippen molar-refractivity contribution in [3.8, 4) is 11.5 Å². The predicted molar refractivity (Wildman–Crippen MR) is 89.1 cm³/mol. The summed E-state index contributed by atoms with van der Waals surface area (Å²) >= 11 is 11.7. The molecule has 1 saturated heterocycles. The Hall–Kier alpha value is -1.42. The lowest BCUT2D eigenvalue weighted by Crippen LogP contribution is -1.90. The first-order chi connectivity index (χ1) is 10.6. The molecule has 0 atom stereocenters. The summed E-state index contributed by atoms with van der Waals surface area (Å²) < 4.78 is 4.94. The summed E-state index contributed by atoms with van der Waals surface area (Å²) in [4.78, 5) is 0. The molecule has 0 bridgehead atoms. The highest BCUT2D eigenvalue weighted by Crippen LogP contribution is 2.29. The van der Waals surface area contributed by atoms with Crippen LogP contribution in [-0.2, 0) is 11.2 Å². The summed E-state index contributed by atoms with van der Waals surface area (Å²) in [7, 11) is 0. The Bertz CT molecular complexity index is 568. The Morgan fingerprint density at radius 1 is 0.818 bits per heavy atom. The van der Waals surface area contributed by atoms with E-state index in [-0.39, 0.29) is 11.5 Å². The van der Waals surface area contributed by atoms with E-state index in [4.69, 9.17) is 27.9 Å². The maximum absolute atomic E-state index is 9.68. The lowest BCUT2D eigenvalue weighted by molar-refractivity contribution is 0.198. The molecule has 0 aliphatic carbocycles. The van der Waals surface area contributed by atoms with E-state index < -0.39 is 0 Å². The highest BCUT2D eigenvalue weighted by atomic mass is 35.5. The van der Waals surface area contributed by atoms with Crippen molar-refractivity contribution >= 4 is 23.2 Å². The van der Waals surface area contributed by atoms with Crippen molar-refractivity contribution in [1.82, 2.24) is 0 Å². The van der Waals surface area contributed by atoms with Gasteiger partial charge in [-0.15, -0.1) is 0 Å². The second-order valence-electron chi connectivity index (χ2n) is 5.04. The van der Waals surface area contributed by atoms with Crippen molar-refractivity contribution in [2.24, 2.45) is 0 Å². The van der Waals surface area contributed by atoms with Crippen LogP contribution in [0.5, 0.6) is 11.5 Å². The van der Waals surface area contributed by atoms with Crippen LogP contribution in [0.1, 0.15) is 24.0 Å². The third-order valence-electron chi connectivity index (χ3n) is 3.29. The molecule has 1 aliphatic heterocycles. The van der Waals surface area contributed by atoms with Crippen molar-refractivity contribution in [1.29, 1.82) is 0 Å². The Kier molecular flexibility index (Phi) is 6.37. The number of benzene rings is 2. The number of phenolic OH excluding ortho intramolecular Hbond substituents is 2. The summed E-state index contributed by atoms with van der Waals surface area (Å²) in [6.07, 6.45) is 2.93. The molecule has 3 nitrogen and oxygen atoms in total.